The number of nitrogens with one attached hydrogen (secondary N) is 1. The summed E-state index contributed by atoms with van der Waals surface area (Å²) >= 11 is 0. The van der Waals surface area contributed by atoms with Crippen LogP contribution in [0.1, 0.15) is 45.7 Å². The van der Waals surface area contributed by atoms with E-state index in [4.69, 9.17) is 9.15 Å². The Labute approximate surface area is 195 Å². The van der Waals surface area contributed by atoms with Crippen LogP contribution in [0.4, 0.5) is 4.79 Å². The first kappa shape index (κ1) is 24.4. The highest BCUT2D eigenvalue weighted by atomic mass is 16.6. The molecule has 6 nitrogen and oxygen atoms in total. The maximum atomic E-state index is 13.7. The second-order valence-electron chi connectivity index (χ2n) is 9.79. The molecule has 0 spiro atoms. The van der Waals surface area contributed by atoms with Gasteiger partial charge >= 0.3 is 6.09 Å². The van der Waals surface area contributed by atoms with Gasteiger partial charge in [0.05, 0.1) is 6.26 Å². The fourth-order valence-corrected chi connectivity index (χ4v) is 3.73. The lowest BCUT2D eigenvalue weighted by molar-refractivity contribution is -0.134. The van der Waals surface area contributed by atoms with Crippen molar-refractivity contribution >= 4 is 23.0 Å². The van der Waals surface area contributed by atoms with Crippen LogP contribution in [0, 0.1) is 5.92 Å². The third kappa shape index (κ3) is 7.38. The second kappa shape index (κ2) is 10.6. The number of hydrogen-bond donors (Lipinski definition) is 1. The average Bonchev–Trinajstić information content (AvgIpc) is 3.19. The normalized spacial score (nSPS) is 12.5. The number of furan rings is 1. The molecule has 0 radical (unpaired) electrons. The van der Waals surface area contributed by atoms with E-state index >= 15 is 0 Å². The van der Waals surface area contributed by atoms with Crippen LogP contribution in [0.5, 0.6) is 0 Å². The zero-order valence-corrected chi connectivity index (χ0v) is 20.1. The monoisotopic (exact) mass is 450 g/mol. The smallest absolute Gasteiger partial charge is 0.408 e. The number of nitrogens with zero attached hydrogens (tertiary/aromatic N) is 1. The summed E-state index contributed by atoms with van der Waals surface area (Å²) in [4.78, 5) is 28.1. The van der Waals surface area contributed by atoms with Crippen molar-refractivity contribution in [2.45, 2.75) is 59.2 Å². The number of alkyl carbamates (subject to hydrolysis) is 1. The summed E-state index contributed by atoms with van der Waals surface area (Å²) in [5, 5.41) is 3.82. The number of amides is 2. The summed E-state index contributed by atoms with van der Waals surface area (Å²) < 4.78 is 10.9. The zero-order chi connectivity index (χ0) is 24.0. The topological polar surface area (TPSA) is 71.8 Å². The van der Waals surface area contributed by atoms with Crippen molar-refractivity contribution in [2.75, 3.05) is 6.54 Å². The van der Waals surface area contributed by atoms with Crippen molar-refractivity contribution in [3.8, 4) is 0 Å². The Morgan fingerprint density at radius 3 is 2.42 bits per heavy atom. The molecule has 3 rings (SSSR count). The van der Waals surface area contributed by atoms with E-state index in [1.807, 2.05) is 59.5 Å². The third-order valence-corrected chi connectivity index (χ3v) is 5.06. The van der Waals surface area contributed by atoms with Crippen LogP contribution < -0.4 is 5.32 Å². The van der Waals surface area contributed by atoms with Gasteiger partial charge in [-0.1, -0.05) is 50.2 Å². The Hall–Kier alpha value is -3.28. The highest BCUT2D eigenvalue weighted by Crippen LogP contribution is 2.19. The number of carbonyl (C=O) groups excluding carboxylic acids is 2. The molecular weight excluding hydrogens is 416 g/mol. The molecular formula is C27H34N2O4. The molecule has 1 heterocycles. The summed E-state index contributed by atoms with van der Waals surface area (Å²) in [5.41, 5.74) is 2.14. The number of carbonyl (C=O) groups is 2. The van der Waals surface area contributed by atoms with Gasteiger partial charge in [-0.15, -0.1) is 0 Å². The van der Waals surface area contributed by atoms with E-state index < -0.39 is 17.7 Å². The van der Waals surface area contributed by atoms with Crippen LogP contribution in [-0.2, 0) is 22.5 Å². The molecule has 176 valence electrons. The molecule has 0 aliphatic rings. The van der Waals surface area contributed by atoms with Gasteiger partial charge in [-0.25, -0.2) is 4.79 Å². The molecule has 0 aliphatic heterocycles. The fraction of sp³-hybridized carbons (Fsp3) is 0.407. The van der Waals surface area contributed by atoms with Gasteiger partial charge in [-0.05, 0) is 56.0 Å². The minimum Gasteiger partial charge on any atom is -0.464 e. The minimum atomic E-state index is -0.737. The summed E-state index contributed by atoms with van der Waals surface area (Å²) in [6.07, 6.45) is 1.45. The molecule has 33 heavy (non-hydrogen) atoms. The lowest BCUT2D eigenvalue weighted by Crippen LogP contribution is -2.51. The Balaban J connectivity index is 1.84. The van der Waals surface area contributed by atoms with E-state index in [9.17, 15) is 9.59 Å². The zero-order valence-electron chi connectivity index (χ0n) is 20.1. The molecule has 0 aliphatic carbocycles. The van der Waals surface area contributed by atoms with E-state index in [0.717, 1.165) is 22.1 Å². The van der Waals surface area contributed by atoms with E-state index in [2.05, 4.69) is 19.2 Å². The maximum Gasteiger partial charge on any atom is 0.408 e. The maximum absolute atomic E-state index is 13.7. The van der Waals surface area contributed by atoms with Crippen LogP contribution in [0.15, 0.2) is 65.3 Å². The molecule has 6 heteroatoms. The first-order valence-corrected chi connectivity index (χ1v) is 11.4. The van der Waals surface area contributed by atoms with Crippen molar-refractivity contribution in [3.05, 3.63) is 72.0 Å². The Morgan fingerprint density at radius 2 is 1.76 bits per heavy atom. The van der Waals surface area contributed by atoms with Crippen LogP contribution in [0.2, 0.25) is 0 Å². The summed E-state index contributed by atoms with van der Waals surface area (Å²) in [6, 6.07) is 16.8. The molecule has 2 amide bonds. The Bertz CT molecular complexity index is 1070. The lowest BCUT2D eigenvalue weighted by atomic mass is 10.0. The van der Waals surface area contributed by atoms with Gasteiger partial charge in [0.2, 0.25) is 5.91 Å². The van der Waals surface area contributed by atoms with Crippen LogP contribution >= 0.6 is 0 Å². The van der Waals surface area contributed by atoms with Crippen molar-refractivity contribution in [2.24, 2.45) is 5.92 Å². The molecule has 0 saturated heterocycles. The number of rotatable bonds is 8. The predicted octanol–water partition coefficient (Wildman–Crippen LogP) is 5.55. The molecule has 3 aromatic rings. The fourth-order valence-electron chi connectivity index (χ4n) is 3.73. The second-order valence-corrected chi connectivity index (χ2v) is 9.79. The van der Waals surface area contributed by atoms with E-state index in [-0.39, 0.29) is 11.8 Å². The number of hydrogen-bond acceptors (Lipinski definition) is 4. The van der Waals surface area contributed by atoms with E-state index in [1.54, 1.807) is 27.0 Å². The Morgan fingerprint density at radius 1 is 1.03 bits per heavy atom. The lowest BCUT2D eigenvalue weighted by Gasteiger charge is -2.30. The average molecular weight is 451 g/mol. The molecule has 0 unspecified atom stereocenters. The first-order valence-electron chi connectivity index (χ1n) is 11.4. The molecule has 2 aromatic carbocycles. The van der Waals surface area contributed by atoms with Crippen molar-refractivity contribution in [3.63, 3.8) is 0 Å². The summed E-state index contributed by atoms with van der Waals surface area (Å²) in [7, 11) is 0. The first-order chi connectivity index (χ1) is 15.6. The van der Waals surface area contributed by atoms with Crippen molar-refractivity contribution in [1.29, 1.82) is 0 Å². The Kier molecular flexibility index (Phi) is 7.79. The van der Waals surface area contributed by atoms with Gasteiger partial charge in [0.15, 0.2) is 0 Å². The van der Waals surface area contributed by atoms with Gasteiger partial charge < -0.3 is 19.4 Å². The van der Waals surface area contributed by atoms with Crippen LogP contribution in [-0.4, -0.2) is 35.1 Å². The third-order valence-electron chi connectivity index (χ3n) is 5.06. The largest absolute Gasteiger partial charge is 0.464 e. The standard InChI is InChI=1S/C27H34N2O4/c1-19(2)17-29(18-21-11-12-24-22(15-21)13-14-32-24)25(30)23(16-20-9-7-6-8-10-20)28-26(31)33-27(3,4)5/h6-15,19,23H,16-18H2,1-5H3,(H,28,31)/t23-/m0/s1. The number of benzene rings is 2. The van der Waals surface area contributed by atoms with E-state index in [1.165, 1.54) is 0 Å². The van der Waals surface area contributed by atoms with E-state index in [0.29, 0.717) is 19.5 Å². The summed E-state index contributed by atoms with van der Waals surface area (Å²) in [6.45, 7) is 10.6. The van der Waals surface area contributed by atoms with Crippen LogP contribution in [0.25, 0.3) is 11.0 Å². The van der Waals surface area contributed by atoms with Gasteiger partial charge in [-0.2, -0.15) is 0 Å². The molecule has 1 N–H and O–H groups in total. The molecule has 0 fully saturated rings. The predicted molar refractivity (Wildman–Crippen MR) is 130 cm³/mol. The van der Waals surface area contributed by atoms with Gasteiger partial charge in [0.25, 0.3) is 0 Å². The van der Waals surface area contributed by atoms with Crippen molar-refractivity contribution < 1.29 is 18.7 Å². The highest BCUT2D eigenvalue weighted by molar-refractivity contribution is 5.86. The molecule has 0 bridgehead atoms. The number of ether oxygens (including phenoxy) is 1. The van der Waals surface area contributed by atoms with Crippen LogP contribution in [0.3, 0.4) is 0 Å². The SMILES string of the molecule is CC(C)CN(Cc1ccc2occc2c1)C(=O)[C@H](Cc1ccccc1)NC(=O)OC(C)(C)C. The minimum absolute atomic E-state index is 0.134. The number of fused-ring (bicyclic) bond motifs is 1. The quantitative estimate of drug-likeness (QED) is 0.488. The van der Waals surface area contributed by atoms with Crippen molar-refractivity contribution in [1.82, 2.24) is 10.2 Å². The highest BCUT2D eigenvalue weighted by Gasteiger charge is 2.29. The van der Waals surface area contributed by atoms with Gasteiger partial charge in [0.1, 0.15) is 17.2 Å². The molecule has 1 aromatic heterocycles. The van der Waals surface area contributed by atoms with Gasteiger partial charge in [0, 0.05) is 24.9 Å². The summed E-state index contributed by atoms with van der Waals surface area (Å²) in [5.74, 6) is 0.135. The molecule has 0 saturated carbocycles. The van der Waals surface area contributed by atoms with Gasteiger partial charge in [-0.3, -0.25) is 4.79 Å². The molecule has 1 atom stereocenters.